The van der Waals surface area contributed by atoms with Crippen molar-refractivity contribution in [1.29, 1.82) is 0 Å². The van der Waals surface area contributed by atoms with Gasteiger partial charge in [0.15, 0.2) is 11.5 Å². The molecule has 0 aromatic carbocycles. The monoisotopic (exact) mass is 288 g/mol. The average molecular weight is 288 g/mol. The number of ether oxygens (including phenoxy) is 1. The number of hydrogen-bond donors (Lipinski definition) is 1. The summed E-state index contributed by atoms with van der Waals surface area (Å²) in [6, 6.07) is 1.50. The molecule has 0 aliphatic heterocycles. The summed E-state index contributed by atoms with van der Waals surface area (Å²) in [5.41, 5.74) is -1.24. The fraction of sp³-hybridized carbons (Fsp3) is 0.400. The topological polar surface area (TPSA) is 103 Å². The van der Waals surface area contributed by atoms with E-state index in [1.165, 1.54) is 13.2 Å². The number of carboxylic acids is 1. The van der Waals surface area contributed by atoms with Crippen LogP contribution in [0.25, 0.3) is 0 Å². The van der Waals surface area contributed by atoms with Gasteiger partial charge in [-0.25, -0.2) is 18.3 Å². The summed E-state index contributed by atoms with van der Waals surface area (Å²) in [5, 5.41) is 19.0. The molecule has 0 fully saturated rings. The van der Waals surface area contributed by atoms with E-state index in [-0.39, 0.29) is 13.2 Å². The molecule has 0 saturated heterocycles. The van der Waals surface area contributed by atoms with Crippen molar-refractivity contribution in [1.82, 2.24) is 20.2 Å². The number of carbonyl (C=O) groups is 1. The Morgan fingerprint density at radius 1 is 1.60 bits per heavy atom. The van der Waals surface area contributed by atoms with Crippen LogP contribution >= 0.6 is 0 Å². The van der Waals surface area contributed by atoms with E-state index >= 15 is 0 Å². The highest BCUT2D eigenvalue weighted by Crippen LogP contribution is 2.22. The average Bonchev–Trinajstić information content (AvgIpc) is 2.97. The predicted molar refractivity (Wildman–Crippen MR) is 58.3 cm³/mol. The van der Waals surface area contributed by atoms with Gasteiger partial charge in [0.2, 0.25) is 0 Å². The molecular formula is C10H10F2N4O4. The van der Waals surface area contributed by atoms with Gasteiger partial charge in [-0.05, 0) is 0 Å². The smallest absolute Gasteiger partial charge is 0.358 e. The van der Waals surface area contributed by atoms with E-state index < -0.39 is 23.8 Å². The molecular weight excluding hydrogens is 278 g/mol. The van der Waals surface area contributed by atoms with E-state index in [9.17, 15) is 13.6 Å². The second kappa shape index (κ2) is 5.74. The summed E-state index contributed by atoms with van der Waals surface area (Å²) in [6.45, 7) is 0.0135. The molecule has 1 N–H and O–H groups in total. The molecule has 2 heterocycles. The summed E-state index contributed by atoms with van der Waals surface area (Å²) in [4.78, 5) is 10.8. The Morgan fingerprint density at radius 2 is 2.35 bits per heavy atom. The fourth-order valence-corrected chi connectivity index (χ4v) is 1.60. The molecule has 0 amide bonds. The van der Waals surface area contributed by atoms with Crippen molar-refractivity contribution in [3.05, 3.63) is 28.9 Å². The van der Waals surface area contributed by atoms with Crippen LogP contribution in [0.4, 0.5) is 8.78 Å². The number of carboxylic acid groups (broad SMARTS) is 1. The van der Waals surface area contributed by atoms with Crippen molar-refractivity contribution in [2.24, 2.45) is 0 Å². The van der Waals surface area contributed by atoms with Crippen LogP contribution in [-0.2, 0) is 17.9 Å². The Balaban J connectivity index is 2.26. The van der Waals surface area contributed by atoms with Crippen LogP contribution in [0.2, 0.25) is 0 Å². The van der Waals surface area contributed by atoms with Crippen LogP contribution in [0.15, 0.2) is 10.6 Å². The van der Waals surface area contributed by atoms with Crippen LogP contribution < -0.4 is 0 Å². The minimum atomic E-state index is -3.01. The third kappa shape index (κ3) is 2.79. The van der Waals surface area contributed by atoms with Gasteiger partial charge in [0, 0.05) is 13.2 Å². The number of alkyl halides is 2. The van der Waals surface area contributed by atoms with Crippen molar-refractivity contribution >= 4 is 5.97 Å². The standard InChI is InChI=1S/C10H10F2N4O4/c1-19-4-6-2-5(14-20-6)3-16-8(9(11)12)7(10(17)18)13-15-16/h2,9H,3-4H2,1H3,(H,17,18). The Labute approximate surface area is 110 Å². The van der Waals surface area contributed by atoms with Crippen molar-refractivity contribution < 1.29 is 27.9 Å². The van der Waals surface area contributed by atoms with E-state index in [0.717, 1.165) is 4.68 Å². The summed E-state index contributed by atoms with van der Waals surface area (Å²) < 4.78 is 36.3. The maximum Gasteiger partial charge on any atom is 0.358 e. The summed E-state index contributed by atoms with van der Waals surface area (Å²) in [7, 11) is 1.47. The van der Waals surface area contributed by atoms with Crippen molar-refractivity contribution in [3.8, 4) is 0 Å². The fourth-order valence-electron chi connectivity index (χ4n) is 1.60. The lowest BCUT2D eigenvalue weighted by Gasteiger charge is -2.03. The number of nitrogens with zero attached hydrogens (tertiary/aromatic N) is 4. The maximum atomic E-state index is 12.9. The first-order chi connectivity index (χ1) is 9.52. The first kappa shape index (κ1) is 14.1. The van der Waals surface area contributed by atoms with E-state index in [0.29, 0.717) is 11.5 Å². The first-order valence-electron chi connectivity index (χ1n) is 5.41. The molecule has 0 unspecified atom stereocenters. The van der Waals surface area contributed by atoms with Crippen LogP contribution in [-0.4, -0.2) is 38.3 Å². The number of aromatic carboxylic acids is 1. The molecule has 0 spiro atoms. The molecule has 0 saturated carbocycles. The van der Waals surface area contributed by atoms with E-state index in [2.05, 4.69) is 15.5 Å². The lowest BCUT2D eigenvalue weighted by Crippen LogP contribution is -2.10. The number of hydrogen-bond acceptors (Lipinski definition) is 6. The number of rotatable bonds is 6. The molecule has 2 rings (SSSR count). The summed E-state index contributed by atoms with van der Waals surface area (Å²) in [6.07, 6.45) is -3.01. The molecule has 2 aromatic heterocycles. The Bertz CT molecular complexity index is 610. The molecule has 10 heteroatoms. The van der Waals surface area contributed by atoms with Gasteiger partial charge in [-0.15, -0.1) is 5.10 Å². The molecule has 20 heavy (non-hydrogen) atoms. The molecule has 0 bridgehead atoms. The minimum Gasteiger partial charge on any atom is -0.476 e. The molecule has 0 radical (unpaired) electrons. The number of aromatic nitrogens is 4. The van der Waals surface area contributed by atoms with E-state index in [1.807, 2.05) is 0 Å². The van der Waals surface area contributed by atoms with Gasteiger partial charge in [0.05, 0.1) is 6.54 Å². The highest BCUT2D eigenvalue weighted by molar-refractivity contribution is 5.86. The number of methoxy groups -OCH3 is 1. The van der Waals surface area contributed by atoms with Crippen LogP contribution in [0.3, 0.4) is 0 Å². The lowest BCUT2D eigenvalue weighted by molar-refractivity contribution is 0.0675. The highest BCUT2D eigenvalue weighted by atomic mass is 19.3. The van der Waals surface area contributed by atoms with E-state index in [4.69, 9.17) is 14.4 Å². The molecule has 108 valence electrons. The van der Waals surface area contributed by atoms with Gasteiger partial charge in [0.25, 0.3) is 6.43 Å². The molecule has 0 atom stereocenters. The zero-order chi connectivity index (χ0) is 14.7. The van der Waals surface area contributed by atoms with Crippen molar-refractivity contribution in [2.75, 3.05) is 7.11 Å². The van der Waals surface area contributed by atoms with Gasteiger partial charge < -0.3 is 14.4 Å². The van der Waals surface area contributed by atoms with Crippen LogP contribution in [0, 0.1) is 0 Å². The van der Waals surface area contributed by atoms with Gasteiger partial charge in [0.1, 0.15) is 18.0 Å². The third-order valence-corrected chi connectivity index (χ3v) is 2.39. The quantitative estimate of drug-likeness (QED) is 0.848. The SMILES string of the molecule is COCc1cc(Cn2nnc(C(=O)O)c2C(F)F)no1. The third-order valence-electron chi connectivity index (χ3n) is 2.39. The van der Waals surface area contributed by atoms with Gasteiger partial charge >= 0.3 is 5.97 Å². The van der Waals surface area contributed by atoms with Crippen molar-refractivity contribution in [2.45, 2.75) is 19.6 Å². The van der Waals surface area contributed by atoms with Crippen molar-refractivity contribution in [3.63, 3.8) is 0 Å². The molecule has 0 aliphatic carbocycles. The first-order valence-corrected chi connectivity index (χ1v) is 5.41. The Kier molecular flexibility index (Phi) is 4.03. The molecule has 8 nitrogen and oxygen atoms in total. The Hall–Kier alpha value is -2.36. The second-order valence-corrected chi connectivity index (χ2v) is 3.80. The normalized spacial score (nSPS) is 11.2. The highest BCUT2D eigenvalue weighted by Gasteiger charge is 2.26. The minimum absolute atomic E-state index is 0.173. The number of halogens is 2. The zero-order valence-electron chi connectivity index (χ0n) is 10.3. The van der Waals surface area contributed by atoms with Gasteiger partial charge in [-0.3, -0.25) is 0 Å². The van der Waals surface area contributed by atoms with Crippen LogP contribution in [0.5, 0.6) is 0 Å². The zero-order valence-corrected chi connectivity index (χ0v) is 10.3. The molecule has 0 aliphatic rings. The Morgan fingerprint density at radius 3 is 2.95 bits per heavy atom. The predicted octanol–water partition coefficient (Wildman–Crippen LogP) is 1.10. The maximum absolute atomic E-state index is 12.9. The van der Waals surface area contributed by atoms with E-state index in [1.54, 1.807) is 0 Å². The summed E-state index contributed by atoms with van der Waals surface area (Å²) in [5.74, 6) is -1.15. The molecule has 2 aromatic rings. The summed E-state index contributed by atoms with van der Waals surface area (Å²) >= 11 is 0. The van der Waals surface area contributed by atoms with Gasteiger partial charge in [-0.2, -0.15) is 0 Å². The second-order valence-electron chi connectivity index (χ2n) is 3.80. The van der Waals surface area contributed by atoms with Crippen LogP contribution in [0.1, 0.15) is 34.1 Å². The largest absolute Gasteiger partial charge is 0.476 e. The lowest BCUT2D eigenvalue weighted by atomic mass is 10.3. The van der Waals surface area contributed by atoms with Gasteiger partial charge in [-0.1, -0.05) is 10.4 Å².